The van der Waals surface area contributed by atoms with Gasteiger partial charge in [0, 0.05) is 25.2 Å². The third-order valence-corrected chi connectivity index (χ3v) is 4.06. The molecule has 1 rings (SSSR count). The average molecular weight is 252 g/mol. The smallest absolute Gasteiger partial charge is 0.105 e. The number of nitrogens with one attached hydrogen (secondary N) is 1. The van der Waals surface area contributed by atoms with Crippen LogP contribution in [0.4, 0.5) is 0 Å². The van der Waals surface area contributed by atoms with E-state index in [4.69, 9.17) is 4.42 Å². The lowest BCUT2D eigenvalue weighted by Crippen LogP contribution is -2.41. The zero-order chi connectivity index (χ0) is 13.6. The van der Waals surface area contributed by atoms with Crippen LogP contribution in [0.5, 0.6) is 0 Å². The lowest BCUT2D eigenvalue weighted by atomic mass is 9.81. The van der Waals surface area contributed by atoms with E-state index in [-0.39, 0.29) is 0 Å². The van der Waals surface area contributed by atoms with E-state index in [9.17, 15) is 0 Å². The van der Waals surface area contributed by atoms with Crippen molar-refractivity contribution in [3.8, 4) is 0 Å². The molecule has 0 aliphatic rings. The predicted molar refractivity (Wildman–Crippen MR) is 76.7 cm³/mol. The maximum atomic E-state index is 5.36. The molecule has 0 bridgehead atoms. The quantitative estimate of drug-likeness (QED) is 0.771. The molecular weight excluding hydrogens is 224 g/mol. The van der Waals surface area contributed by atoms with E-state index < -0.39 is 0 Å². The van der Waals surface area contributed by atoms with Crippen molar-refractivity contribution in [1.82, 2.24) is 10.2 Å². The molecule has 0 amide bonds. The Morgan fingerprint density at radius 2 is 2.00 bits per heavy atom. The predicted octanol–water partition coefficient (Wildman–Crippen LogP) is 3.05. The lowest BCUT2D eigenvalue weighted by Gasteiger charge is -2.35. The first-order chi connectivity index (χ1) is 8.56. The second-order valence-electron chi connectivity index (χ2n) is 5.41. The molecule has 0 fully saturated rings. The molecule has 1 aromatic rings. The average Bonchev–Trinajstić information content (AvgIpc) is 2.74. The van der Waals surface area contributed by atoms with Crippen LogP contribution < -0.4 is 5.32 Å². The second kappa shape index (κ2) is 6.95. The highest BCUT2D eigenvalue weighted by Crippen LogP contribution is 2.27. The van der Waals surface area contributed by atoms with Crippen LogP contribution in [0.3, 0.4) is 0 Å². The van der Waals surface area contributed by atoms with Crippen LogP contribution in [-0.4, -0.2) is 32.1 Å². The van der Waals surface area contributed by atoms with Crippen LogP contribution in [0.15, 0.2) is 16.7 Å². The van der Waals surface area contributed by atoms with E-state index in [2.05, 4.69) is 37.2 Å². The molecule has 104 valence electrons. The Morgan fingerprint density at radius 3 is 2.44 bits per heavy atom. The molecule has 0 atom stereocenters. The van der Waals surface area contributed by atoms with Gasteiger partial charge in [0.1, 0.15) is 5.76 Å². The molecule has 0 spiro atoms. The molecule has 0 aromatic carbocycles. The van der Waals surface area contributed by atoms with Crippen LogP contribution in [0.2, 0.25) is 0 Å². The molecule has 3 nitrogen and oxygen atoms in total. The van der Waals surface area contributed by atoms with Crippen LogP contribution in [0.1, 0.15) is 38.0 Å². The lowest BCUT2D eigenvalue weighted by molar-refractivity contribution is 0.153. The van der Waals surface area contributed by atoms with Crippen LogP contribution in [0, 0.1) is 12.3 Å². The number of furan rings is 1. The fourth-order valence-corrected chi connectivity index (χ4v) is 2.65. The van der Waals surface area contributed by atoms with E-state index in [0.717, 1.165) is 25.4 Å². The highest BCUT2D eigenvalue weighted by Gasteiger charge is 2.27. The van der Waals surface area contributed by atoms with E-state index in [1.165, 1.54) is 18.4 Å². The molecule has 0 aliphatic carbocycles. The van der Waals surface area contributed by atoms with Gasteiger partial charge in [-0.15, -0.1) is 0 Å². The largest absolute Gasteiger partial charge is 0.469 e. The first-order valence-corrected chi connectivity index (χ1v) is 6.93. The molecule has 0 aliphatic heterocycles. The van der Waals surface area contributed by atoms with Gasteiger partial charge in [-0.1, -0.05) is 13.8 Å². The third kappa shape index (κ3) is 3.85. The number of aryl methyl sites for hydroxylation is 1. The molecular formula is C15H28N2O. The summed E-state index contributed by atoms with van der Waals surface area (Å²) in [5.41, 5.74) is 1.67. The molecule has 18 heavy (non-hydrogen) atoms. The molecule has 0 unspecified atom stereocenters. The zero-order valence-corrected chi connectivity index (χ0v) is 12.5. The van der Waals surface area contributed by atoms with Gasteiger partial charge in [-0.05, 0) is 45.3 Å². The molecule has 3 heteroatoms. The van der Waals surface area contributed by atoms with Gasteiger partial charge in [0.2, 0.25) is 0 Å². The van der Waals surface area contributed by atoms with Crippen molar-refractivity contribution < 1.29 is 4.42 Å². The summed E-state index contributed by atoms with van der Waals surface area (Å²) in [4.78, 5) is 2.40. The van der Waals surface area contributed by atoms with Gasteiger partial charge in [-0.2, -0.15) is 0 Å². The Kier molecular flexibility index (Phi) is 5.89. The Bertz CT molecular complexity index is 342. The van der Waals surface area contributed by atoms with Crippen LogP contribution in [0.25, 0.3) is 0 Å². The molecule has 1 heterocycles. The topological polar surface area (TPSA) is 28.4 Å². The second-order valence-corrected chi connectivity index (χ2v) is 5.41. The van der Waals surface area contributed by atoms with Gasteiger partial charge < -0.3 is 14.6 Å². The van der Waals surface area contributed by atoms with E-state index >= 15 is 0 Å². The first kappa shape index (κ1) is 15.3. The van der Waals surface area contributed by atoms with Gasteiger partial charge in [0.05, 0.1) is 6.26 Å². The summed E-state index contributed by atoms with van der Waals surface area (Å²) >= 11 is 0. The number of nitrogens with zero attached hydrogens (tertiary/aromatic N) is 1. The number of rotatable bonds is 8. The SMILES string of the molecule is CCC(CC)(CNC)CN(C)Cc1ccoc1C. The summed E-state index contributed by atoms with van der Waals surface area (Å²) in [5.74, 6) is 1.04. The Balaban J connectivity index is 2.61. The Hall–Kier alpha value is -0.800. The fourth-order valence-electron chi connectivity index (χ4n) is 2.65. The van der Waals surface area contributed by atoms with Crippen molar-refractivity contribution >= 4 is 0 Å². The Labute approximate surface area is 112 Å². The summed E-state index contributed by atoms with van der Waals surface area (Å²) in [6.45, 7) is 9.77. The minimum absolute atomic E-state index is 0.376. The minimum atomic E-state index is 0.376. The molecule has 0 radical (unpaired) electrons. The fraction of sp³-hybridized carbons (Fsp3) is 0.733. The summed E-state index contributed by atoms with van der Waals surface area (Å²) in [7, 11) is 4.24. The number of hydrogen-bond acceptors (Lipinski definition) is 3. The van der Waals surface area contributed by atoms with Gasteiger partial charge in [-0.3, -0.25) is 0 Å². The Morgan fingerprint density at radius 1 is 1.33 bits per heavy atom. The monoisotopic (exact) mass is 252 g/mol. The van der Waals surface area contributed by atoms with E-state index in [1.807, 2.05) is 14.0 Å². The van der Waals surface area contributed by atoms with Gasteiger partial charge in [0.15, 0.2) is 0 Å². The zero-order valence-electron chi connectivity index (χ0n) is 12.5. The third-order valence-electron chi connectivity index (χ3n) is 4.06. The molecule has 1 N–H and O–H groups in total. The van der Waals surface area contributed by atoms with Crippen molar-refractivity contribution in [3.05, 3.63) is 23.7 Å². The summed E-state index contributed by atoms with van der Waals surface area (Å²) < 4.78 is 5.36. The molecule has 0 saturated heterocycles. The maximum Gasteiger partial charge on any atom is 0.105 e. The summed E-state index contributed by atoms with van der Waals surface area (Å²) in [6, 6.07) is 2.07. The molecule has 0 saturated carbocycles. The minimum Gasteiger partial charge on any atom is -0.469 e. The van der Waals surface area contributed by atoms with Gasteiger partial charge in [0.25, 0.3) is 0 Å². The summed E-state index contributed by atoms with van der Waals surface area (Å²) in [6.07, 6.45) is 4.19. The van der Waals surface area contributed by atoms with E-state index in [0.29, 0.717) is 5.41 Å². The normalized spacial score (nSPS) is 12.3. The van der Waals surface area contributed by atoms with E-state index in [1.54, 1.807) is 6.26 Å². The van der Waals surface area contributed by atoms with Crippen molar-refractivity contribution in [1.29, 1.82) is 0 Å². The van der Waals surface area contributed by atoms with Crippen molar-refractivity contribution in [2.45, 2.75) is 40.2 Å². The number of hydrogen-bond donors (Lipinski definition) is 1. The standard InChI is InChI=1S/C15H28N2O/c1-6-15(7-2,11-16-4)12-17(5)10-14-8-9-18-13(14)3/h8-9,16H,6-7,10-12H2,1-5H3. The van der Waals surface area contributed by atoms with Gasteiger partial charge in [-0.25, -0.2) is 0 Å². The summed E-state index contributed by atoms with van der Waals surface area (Å²) in [5, 5.41) is 3.34. The molecule has 1 aromatic heterocycles. The van der Waals surface area contributed by atoms with Crippen molar-refractivity contribution in [2.24, 2.45) is 5.41 Å². The van der Waals surface area contributed by atoms with Crippen LogP contribution >= 0.6 is 0 Å². The van der Waals surface area contributed by atoms with Crippen molar-refractivity contribution in [2.75, 3.05) is 27.2 Å². The highest BCUT2D eigenvalue weighted by atomic mass is 16.3. The van der Waals surface area contributed by atoms with Gasteiger partial charge >= 0.3 is 0 Å². The van der Waals surface area contributed by atoms with Crippen molar-refractivity contribution in [3.63, 3.8) is 0 Å². The first-order valence-electron chi connectivity index (χ1n) is 6.93. The maximum absolute atomic E-state index is 5.36. The van der Waals surface area contributed by atoms with Crippen LogP contribution in [-0.2, 0) is 6.54 Å². The highest BCUT2D eigenvalue weighted by molar-refractivity contribution is 5.15.